The molecule has 1 aliphatic carbocycles. The van der Waals surface area contributed by atoms with Crippen LogP contribution in [0.5, 0.6) is 5.75 Å². The second-order valence-electron chi connectivity index (χ2n) is 8.43. The number of amides is 1. The van der Waals surface area contributed by atoms with Crippen LogP contribution < -0.4 is 10.1 Å². The summed E-state index contributed by atoms with van der Waals surface area (Å²) in [6.45, 7) is 5.42. The van der Waals surface area contributed by atoms with E-state index in [1.165, 1.54) is 18.5 Å². The van der Waals surface area contributed by atoms with Crippen LogP contribution in [0.2, 0.25) is 0 Å². The zero-order chi connectivity index (χ0) is 20.9. The Morgan fingerprint density at radius 3 is 2.70 bits per heavy atom. The van der Waals surface area contributed by atoms with E-state index in [0.717, 1.165) is 75.2 Å². The molecular formula is C24H34N4O2. The minimum absolute atomic E-state index is 0.130. The second-order valence-corrected chi connectivity index (χ2v) is 8.43. The van der Waals surface area contributed by atoms with Crippen molar-refractivity contribution in [2.75, 3.05) is 20.2 Å². The SMILES string of the molecule is CCn1nc(C(=O)N2CCCCCC2)c2c1CCC(NCc1ccccc1OC)C2. The predicted octanol–water partition coefficient (Wildman–Crippen LogP) is 3.57. The van der Waals surface area contributed by atoms with Crippen molar-refractivity contribution in [1.82, 2.24) is 20.0 Å². The lowest BCUT2D eigenvalue weighted by molar-refractivity contribution is 0.0753. The number of para-hydroxylation sites is 1. The van der Waals surface area contributed by atoms with E-state index in [1.54, 1.807) is 7.11 Å². The first-order chi connectivity index (χ1) is 14.7. The lowest BCUT2D eigenvalue weighted by Gasteiger charge is -2.26. The summed E-state index contributed by atoms with van der Waals surface area (Å²) in [5.41, 5.74) is 4.27. The Balaban J connectivity index is 1.50. The number of aryl methyl sites for hydroxylation is 1. The third-order valence-electron chi connectivity index (χ3n) is 6.52. The third kappa shape index (κ3) is 4.38. The molecular weight excluding hydrogens is 376 g/mol. The molecule has 1 N–H and O–H groups in total. The van der Waals surface area contributed by atoms with Crippen LogP contribution >= 0.6 is 0 Å². The van der Waals surface area contributed by atoms with Gasteiger partial charge < -0.3 is 15.0 Å². The quantitative estimate of drug-likeness (QED) is 0.791. The number of aromatic nitrogens is 2. The molecule has 2 heterocycles. The standard InChI is InChI=1S/C24H34N4O2/c1-3-28-21-13-12-19(25-17-18-10-6-7-11-22(18)30-2)16-20(21)23(26-28)24(29)27-14-8-4-5-9-15-27/h6-7,10-11,19,25H,3-5,8-9,12-17H2,1-2H3. The first-order valence-electron chi connectivity index (χ1n) is 11.4. The molecule has 4 rings (SSSR count). The van der Waals surface area contributed by atoms with Gasteiger partial charge in [-0.1, -0.05) is 31.0 Å². The highest BCUT2D eigenvalue weighted by molar-refractivity contribution is 5.94. The second kappa shape index (κ2) is 9.65. The number of carbonyl (C=O) groups is 1. The highest BCUT2D eigenvalue weighted by Gasteiger charge is 2.31. The molecule has 1 amide bonds. The lowest BCUT2D eigenvalue weighted by Crippen LogP contribution is -2.36. The van der Waals surface area contributed by atoms with Gasteiger partial charge in [0.25, 0.3) is 5.91 Å². The molecule has 1 atom stereocenters. The summed E-state index contributed by atoms with van der Waals surface area (Å²) in [4.78, 5) is 15.4. The molecule has 1 saturated heterocycles. The van der Waals surface area contributed by atoms with Crippen LogP contribution in [0.4, 0.5) is 0 Å². The van der Waals surface area contributed by atoms with Crippen molar-refractivity contribution in [1.29, 1.82) is 0 Å². The number of nitrogens with one attached hydrogen (secondary N) is 1. The summed E-state index contributed by atoms with van der Waals surface area (Å²) in [7, 11) is 1.71. The molecule has 30 heavy (non-hydrogen) atoms. The summed E-state index contributed by atoms with van der Waals surface area (Å²) in [6.07, 6.45) is 7.54. The molecule has 0 radical (unpaired) electrons. The number of nitrogens with zero attached hydrogens (tertiary/aromatic N) is 3. The van der Waals surface area contributed by atoms with Crippen LogP contribution in [0.15, 0.2) is 24.3 Å². The van der Waals surface area contributed by atoms with E-state index in [9.17, 15) is 4.79 Å². The summed E-state index contributed by atoms with van der Waals surface area (Å²) in [5.74, 6) is 1.04. The predicted molar refractivity (Wildman–Crippen MR) is 118 cm³/mol. The number of rotatable bonds is 6. The first-order valence-corrected chi connectivity index (χ1v) is 11.4. The zero-order valence-electron chi connectivity index (χ0n) is 18.3. The Morgan fingerprint density at radius 2 is 1.97 bits per heavy atom. The summed E-state index contributed by atoms with van der Waals surface area (Å²) in [5, 5.41) is 8.47. The van der Waals surface area contributed by atoms with E-state index in [4.69, 9.17) is 9.84 Å². The Labute approximate surface area is 179 Å². The van der Waals surface area contributed by atoms with Gasteiger partial charge in [-0.05, 0) is 45.1 Å². The maximum Gasteiger partial charge on any atom is 0.274 e. The normalized spacial score (nSPS) is 19.3. The molecule has 2 aliphatic rings. The van der Waals surface area contributed by atoms with E-state index < -0.39 is 0 Å². The molecule has 0 saturated carbocycles. The van der Waals surface area contributed by atoms with E-state index in [1.807, 2.05) is 23.1 Å². The van der Waals surface area contributed by atoms with Gasteiger partial charge in [0.1, 0.15) is 5.75 Å². The van der Waals surface area contributed by atoms with Crippen LogP contribution in [0.3, 0.4) is 0 Å². The van der Waals surface area contributed by atoms with E-state index >= 15 is 0 Å². The van der Waals surface area contributed by atoms with Gasteiger partial charge in [-0.15, -0.1) is 0 Å². The molecule has 1 unspecified atom stereocenters. The lowest BCUT2D eigenvalue weighted by atomic mass is 9.90. The summed E-state index contributed by atoms with van der Waals surface area (Å²) >= 11 is 0. The summed E-state index contributed by atoms with van der Waals surface area (Å²) < 4.78 is 7.54. The van der Waals surface area contributed by atoms with Gasteiger partial charge in [-0.25, -0.2) is 0 Å². The van der Waals surface area contributed by atoms with Crippen molar-refractivity contribution < 1.29 is 9.53 Å². The molecule has 162 valence electrons. The van der Waals surface area contributed by atoms with Crippen LogP contribution in [0, 0.1) is 0 Å². The fraction of sp³-hybridized carbons (Fsp3) is 0.583. The van der Waals surface area contributed by atoms with Gasteiger partial charge in [0.15, 0.2) is 5.69 Å². The van der Waals surface area contributed by atoms with E-state index in [0.29, 0.717) is 11.7 Å². The van der Waals surface area contributed by atoms with Crippen LogP contribution in [0.25, 0.3) is 0 Å². The maximum atomic E-state index is 13.3. The molecule has 1 aliphatic heterocycles. The van der Waals surface area contributed by atoms with Gasteiger partial charge in [0.2, 0.25) is 0 Å². The maximum absolute atomic E-state index is 13.3. The fourth-order valence-electron chi connectivity index (χ4n) is 4.82. The molecule has 1 fully saturated rings. The first kappa shape index (κ1) is 20.9. The third-order valence-corrected chi connectivity index (χ3v) is 6.52. The van der Waals surface area contributed by atoms with Crippen LogP contribution in [-0.4, -0.2) is 46.8 Å². The average molecular weight is 411 g/mol. The molecule has 1 aromatic heterocycles. The van der Waals surface area contributed by atoms with Gasteiger partial charge in [-0.3, -0.25) is 9.48 Å². The number of carbonyl (C=O) groups excluding carboxylic acids is 1. The Kier molecular flexibility index (Phi) is 6.72. The molecule has 6 nitrogen and oxygen atoms in total. The Hall–Kier alpha value is -2.34. The largest absolute Gasteiger partial charge is 0.496 e. The number of benzene rings is 1. The molecule has 0 spiro atoms. The highest BCUT2D eigenvalue weighted by Crippen LogP contribution is 2.27. The van der Waals surface area contributed by atoms with Crippen molar-refractivity contribution >= 4 is 5.91 Å². The smallest absolute Gasteiger partial charge is 0.274 e. The minimum atomic E-state index is 0.130. The number of methoxy groups -OCH3 is 1. The molecule has 6 heteroatoms. The topological polar surface area (TPSA) is 59.4 Å². The van der Waals surface area contributed by atoms with Gasteiger partial charge in [-0.2, -0.15) is 5.10 Å². The minimum Gasteiger partial charge on any atom is -0.496 e. The Morgan fingerprint density at radius 1 is 1.20 bits per heavy atom. The van der Waals surface area contributed by atoms with E-state index in [-0.39, 0.29) is 5.91 Å². The number of fused-ring (bicyclic) bond motifs is 1. The highest BCUT2D eigenvalue weighted by atomic mass is 16.5. The summed E-state index contributed by atoms with van der Waals surface area (Å²) in [6, 6.07) is 8.48. The van der Waals surface area contributed by atoms with Crippen molar-refractivity contribution in [2.45, 2.75) is 71.0 Å². The van der Waals surface area contributed by atoms with Crippen molar-refractivity contribution in [3.63, 3.8) is 0 Å². The average Bonchev–Trinajstić information content (AvgIpc) is 2.95. The number of ether oxygens (including phenoxy) is 1. The van der Waals surface area contributed by atoms with Gasteiger partial charge in [0.05, 0.1) is 7.11 Å². The number of hydrogen-bond acceptors (Lipinski definition) is 4. The Bertz CT molecular complexity index is 868. The van der Waals surface area contributed by atoms with Gasteiger partial charge in [0, 0.05) is 49.0 Å². The van der Waals surface area contributed by atoms with Crippen molar-refractivity contribution in [3.05, 3.63) is 46.8 Å². The zero-order valence-corrected chi connectivity index (χ0v) is 18.3. The number of likely N-dealkylation sites (tertiary alicyclic amines) is 1. The van der Waals surface area contributed by atoms with Crippen molar-refractivity contribution in [2.24, 2.45) is 0 Å². The van der Waals surface area contributed by atoms with Crippen LogP contribution in [-0.2, 0) is 25.9 Å². The van der Waals surface area contributed by atoms with Crippen molar-refractivity contribution in [3.8, 4) is 5.75 Å². The van der Waals surface area contributed by atoms with Crippen LogP contribution in [0.1, 0.15) is 66.3 Å². The molecule has 2 aromatic rings. The number of hydrogen-bond donors (Lipinski definition) is 1. The molecule has 0 bridgehead atoms. The molecule has 1 aromatic carbocycles. The fourth-order valence-corrected chi connectivity index (χ4v) is 4.82. The van der Waals surface area contributed by atoms with E-state index in [2.05, 4.69) is 23.0 Å². The monoisotopic (exact) mass is 410 g/mol. The van der Waals surface area contributed by atoms with Gasteiger partial charge >= 0.3 is 0 Å².